The molecule has 1 heterocycles. The molecule has 0 radical (unpaired) electrons. The fourth-order valence-electron chi connectivity index (χ4n) is 2.73. The van der Waals surface area contributed by atoms with Gasteiger partial charge in [-0.25, -0.2) is 4.39 Å². The molecule has 2 aromatic rings. The summed E-state index contributed by atoms with van der Waals surface area (Å²) < 4.78 is 14.0. The van der Waals surface area contributed by atoms with Crippen LogP contribution < -0.4 is 4.90 Å². The minimum absolute atomic E-state index is 0.299. The summed E-state index contributed by atoms with van der Waals surface area (Å²) in [6.07, 6.45) is 2.18. The summed E-state index contributed by atoms with van der Waals surface area (Å²) in [5.41, 5.74) is 3.53. The van der Waals surface area contributed by atoms with E-state index in [0.717, 1.165) is 19.4 Å². The van der Waals surface area contributed by atoms with Crippen molar-refractivity contribution in [1.29, 1.82) is 5.26 Å². The Morgan fingerprint density at radius 2 is 2.05 bits per heavy atom. The molecule has 0 atom stereocenters. The Kier molecular flexibility index (Phi) is 3.39. The van der Waals surface area contributed by atoms with Crippen molar-refractivity contribution in [3.63, 3.8) is 0 Å². The predicted octanol–water partition coefficient (Wildman–Crippen LogP) is 3.65. The minimum atomic E-state index is -0.299. The molecule has 2 nitrogen and oxygen atoms in total. The molecule has 0 fully saturated rings. The largest absolute Gasteiger partial charge is 0.367 e. The Morgan fingerprint density at radius 1 is 1.20 bits per heavy atom. The molecule has 0 amide bonds. The highest BCUT2D eigenvalue weighted by Crippen LogP contribution is 2.28. The zero-order chi connectivity index (χ0) is 13.9. The van der Waals surface area contributed by atoms with Crippen LogP contribution in [0.25, 0.3) is 0 Å². The molecular weight excluding hydrogens is 251 g/mol. The highest BCUT2D eigenvalue weighted by Gasteiger charge is 2.17. The molecule has 0 N–H and O–H groups in total. The zero-order valence-electron chi connectivity index (χ0n) is 11.1. The maximum Gasteiger partial charge on any atom is 0.129 e. The van der Waals surface area contributed by atoms with E-state index in [-0.39, 0.29) is 5.82 Å². The monoisotopic (exact) mass is 266 g/mol. The first-order valence-corrected chi connectivity index (χ1v) is 6.79. The molecule has 0 spiro atoms. The Morgan fingerprint density at radius 3 is 2.85 bits per heavy atom. The van der Waals surface area contributed by atoms with Crippen molar-refractivity contribution in [2.45, 2.75) is 19.4 Å². The molecule has 0 unspecified atom stereocenters. The van der Waals surface area contributed by atoms with E-state index in [1.807, 2.05) is 18.2 Å². The van der Waals surface area contributed by atoms with Gasteiger partial charge in [0.25, 0.3) is 0 Å². The van der Waals surface area contributed by atoms with Crippen molar-refractivity contribution < 1.29 is 4.39 Å². The van der Waals surface area contributed by atoms with Crippen LogP contribution in [0.15, 0.2) is 42.5 Å². The van der Waals surface area contributed by atoms with Gasteiger partial charge in [-0.1, -0.05) is 24.3 Å². The summed E-state index contributed by atoms with van der Waals surface area (Å²) in [6.45, 7) is 1.49. The summed E-state index contributed by atoms with van der Waals surface area (Å²) in [5, 5.41) is 8.78. The number of nitrogens with zero attached hydrogens (tertiary/aromatic N) is 2. The van der Waals surface area contributed by atoms with Gasteiger partial charge in [0.1, 0.15) is 5.82 Å². The summed E-state index contributed by atoms with van der Waals surface area (Å²) >= 11 is 0. The first-order valence-electron chi connectivity index (χ1n) is 6.79. The smallest absolute Gasteiger partial charge is 0.129 e. The van der Waals surface area contributed by atoms with E-state index in [2.05, 4.69) is 17.0 Å². The Balaban J connectivity index is 1.88. The van der Waals surface area contributed by atoms with Gasteiger partial charge < -0.3 is 4.90 Å². The van der Waals surface area contributed by atoms with Crippen molar-refractivity contribution >= 4 is 5.69 Å². The maximum atomic E-state index is 14.0. The second-order valence-corrected chi connectivity index (χ2v) is 5.07. The third kappa shape index (κ3) is 2.37. The van der Waals surface area contributed by atoms with Crippen LogP contribution in [-0.4, -0.2) is 6.54 Å². The van der Waals surface area contributed by atoms with Crippen LogP contribution >= 0.6 is 0 Å². The highest BCUT2D eigenvalue weighted by atomic mass is 19.1. The first kappa shape index (κ1) is 12.7. The van der Waals surface area contributed by atoms with Gasteiger partial charge in [0, 0.05) is 24.3 Å². The third-order valence-corrected chi connectivity index (χ3v) is 3.75. The average Bonchev–Trinajstić information content (AvgIpc) is 2.49. The lowest BCUT2D eigenvalue weighted by Gasteiger charge is -2.31. The standard InChI is InChI=1S/C17H15FN2/c18-16-10-13(11-19)7-8-15(16)12-20-9-3-5-14-4-1-2-6-17(14)20/h1-2,4,6-8,10H,3,5,9,12H2. The Bertz CT molecular complexity index is 673. The van der Waals surface area contributed by atoms with Crippen LogP contribution in [-0.2, 0) is 13.0 Å². The number of hydrogen-bond acceptors (Lipinski definition) is 2. The lowest BCUT2D eigenvalue weighted by molar-refractivity contribution is 0.597. The molecule has 3 rings (SSSR count). The van der Waals surface area contributed by atoms with Gasteiger partial charge in [-0.05, 0) is 36.6 Å². The summed E-state index contributed by atoms with van der Waals surface area (Å²) in [5.74, 6) is -0.299. The number of para-hydroxylation sites is 1. The molecule has 20 heavy (non-hydrogen) atoms. The Hall–Kier alpha value is -2.34. The summed E-state index contributed by atoms with van der Waals surface area (Å²) in [7, 11) is 0. The van der Waals surface area contributed by atoms with E-state index in [0.29, 0.717) is 17.7 Å². The van der Waals surface area contributed by atoms with Gasteiger partial charge in [-0.15, -0.1) is 0 Å². The van der Waals surface area contributed by atoms with Crippen LogP contribution in [0.5, 0.6) is 0 Å². The predicted molar refractivity (Wildman–Crippen MR) is 76.9 cm³/mol. The molecule has 0 saturated carbocycles. The molecule has 100 valence electrons. The average molecular weight is 266 g/mol. The van der Waals surface area contributed by atoms with Gasteiger partial charge in [-0.3, -0.25) is 0 Å². The zero-order valence-corrected chi connectivity index (χ0v) is 11.1. The number of halogens is 1. The van der Waals surface area contributed by atoms with Crippen LogP contribution in [0.2, 0.25) is 0 Å². The fraction of sp³-hybridized carbons (Fsp3) is 0.235. The first-order chi connectivity index (χ1) is 9.78. The van der Waals surface area contributed by atoms with Crippen molar-refractivity contribution in [3.05, 3.63) is 65.0 Å². The van der Waals surface area contributed by atoms with Crippen LogP contribution in [0, 0.1) is 17.1 Å². The van der Waals surface area contributed by atoms with Crippen LogP contribution in [0.4, 0.5) is 10.1 Å². The number of nitriles is 1. The van der Waals surface area contributed by atoms with Gasteiger partial charge in [-0.2, -0.15) is 5.26 Å². The van der Waals surface area contributed by atoms with Crippen LogP contribution in [0.3, 0.4) is 0 Å². The molecule has 1 aliphatic rings. The molecule has 1 aliphatic heterocycles. The minimum Gasteiger partial charge on any atom is -0.367 e. The number of rotatable bonds is 2. The van der Waals surface area contributed by atoms with Gasteiger partial charge in [0.15, 0.2) is 0 Å². The quantitative estimate of drug-likeness (QED) is 0.829. The van der Waals surface area contributed by atoms with E-state index in [9.17, 15) is 4.39 Å². The third-order valence-electron chi connectivity index (χ3n) is 3.75. The number of anilines is 1. The Labute approximate surface area is 118 Å². The van der Waals surface area contributed by atoms with E-state index < -0.39 is 0 Å². The normalized spacial score (nSPS) is 13.7. The van der Waals surface area contributed by atoms with E-state index in [4.69, 9.17) is 5.26 Å². The lowest BCUT2D eigenvalue weighted by atomic mass is 10.0. The van der Waals surface area contributed by atoms with Gasteiger partial charge >= 0.3 is 0 Å². The van der Waals surface area contributed by atoms with Gasteiger partial charge in [0.2, 0.25) is 0 Å². The molecule has 0 aromatic heterocycles. The molecule has 3 heteroatoms. The second-order valence-electron chi connectivity index (χ2n) is 5.07. The highest BCUT2D eigenvalue weighted by molar-refractivity contribution is 5.55. The van der Waals surface area contributed by atoms with E-state index in [1.54, 1.807) is 12.1 Å². The van der Waals surface area contributed by atoms with E-state index in [1.165, 1.54) is 17.3 Å². The topological polar surface area (TPSA) is 27.0 Å². The van der Waals surface area contributed by atoms with E-state index >= 15 is 0 Å². The number of fused-ring (bicyclic) bond motifs is 1. The lowest BCUT2D eigenvalue weighted by Crippen LogP contribution is -2.29. The van der Waals surface area contributed by atoms with Crippen LogP contribution in [0.1, 0.15) is 23.1 Å². The van der Waals surface area contributed by atoms with Crippen molar-refractivity contribution in [2.24, 2.45) is 0 Å². The number of aryl methyl sites for hydroxylation is 1. The van der Waals surface area contributed by atoms with Crippen molar-refractivity contribution in [1.82, 2.24) is 0 Å². The second kappa shape index (κ2) is 5.34. The summed E-state index contributed by atoms with van der Waals surface area (Å²) in [4.78, 5) is 2.21. The fourth-order valence-corrected chi connectivity index (χ4v) is 2.73. The van der Waals surface area contributed by atoms with Gasteiger partial charge in [0.05, 0.1) is 11.6 Å². The van der Waals surface area contributed by atoms with Crippen molar-refractivity contribution in [3.8, 4) is 6.07 Å². The maximum absolute atomic E-state index is 14.0. The molecule has 2 aromatic carbocycles. The summed E-state index contributed by atoms with van der Waals surface area (Å²) in [6, 6.07) is 15.0. The number of hydrogen-bond donors (Lipinski definition) is 0. The van der Waals surface area contributed by atoms with Crippen molar-refractivity contribution in [2.75, 3.05) is 11.4 Å². The molecule has 0 aliphatic carbocycles. The molecule has 0 saturated heterocycles. The number of benzene rings is 2. The molecule has 0 bridgehead atoms. The molecular formula is C17H15FN2. The SMILES string of the molecule is N#Cc1ccc(CN2CCCc3ccccc32)c(F)c1.